The fourth-order valence-corrected chi connectivity index (χ4v) is 4.83. The van der Waals surface area contributed by atoms with Gasteiger partial charge in [0.1, 0.15) is 5.57 Å². The number of carbonyl (C=O) groups is 2. The molecule has 5 rings (SSSR count). The summed E-state index contributed by atoms with van der Waals surface area (Å²) in [6.07, 6.45) is 4.01. The van der Waals surface area contributed by atoms with Crippen LogP contribution in [0.3, 0.4) is 0 Å². The third-order valence-electron chi connectivity index (χ3n) is 5.88. The summed E-state index contributed by atoms with van der Waals surface area (Å²) in [4.78, 5) is 29.7. The number of nitrogens with zero attached hydrogens (tertiary/aromatic N) is 2. The summed E-state index contributed by atoms with van der Waals surface area (Å²) in [5, 5.41) is 5.10. The number of carbonyl (C=O) groups excluding carboxylic acids is 2. The number of amides is 2. The molecular weight excluding hydrogens is 442 g/mol. The molecule has 0 spiro atoms. The van der Waals surface area contributed by atoms with Crippen LogP contribution in [0.15, 0.2) is 66.2 Å². The maximum Gasteiger partial charge on any atom is 0.270 e. The molecule has 2 amide bonds. The van der Waals surface area contributed by atoms with E-state index < -0.39 is 11.8 Å². The third kappa shape index (κ3) is 3.55. The van der Waals surface area contributed by atoms with Crippen LogP contribution < -0.4 is 15.1 Å². The van der Waals surface area contributed by atoms with E-state index >= 15 is 0 Å². The van der Waals surface area contributed by atoms with E-state index in [0.29, 0.717) is 10.7 Å². The topological polar surface area (TPSA) is 52.7 Å². The van der Waals surface area contributed by atoms with E-state index in [1.807, 2.05) is 24.3 Å². The molecule has 0 bridgehead atoms. The maximum absolute atomic E-state index is 13.4. The predicted octanol–water partition coefficient (Wildman–Crippen LogP) is 4.92. The lowest BCUT2D eigenvalue weighted by atomic mass is 9.99. The first-order valence-corrected chi connectivity index (χ1v) is 11.3. The van der Waals surface area contributed by atoms with Crippen molar-refractivity contribution in [3.8, 4) is 0 Å². The first kappa shape index (κ1) is 20.7. The lowest BCUT2D eigenvalue weighted by Crippen LogP contribution is -2.54. The Labute approximate surface area is 196 Å². The minimum Gasteiger partial charge on any atom is -0.371 e. The number of fused-ring (bicyclic) bond motifs is 1. The fourth-order valence-electron chi connectivity index (χ4n) is 4.33. The second-order valence-corrected chi connectivity index (χ2v) is 8.62. The average Bonchev–Trinajstić information content (AvgIpc) is 3.32. The molecule has 160 valence electrons. The number of benzene rings is 3. The van der Waals surface area contributed by atoms with E-state index in [1.54, 1.807) is 30.3 Å². The molecule has 2 heterocycles. The Morgan fingerprint density at radius 2 is 1.56 bits per heavy atom. The van der Waals surface area contributed by atoms with Gasteiger partial charge < -0.3 is 4.90 Å². The van der Waals surface area contributed by atoms with Crippen molar-refractivity contribution in [1.29, 1.82) is 0 Å². The molecule has 0 radical (unpaired) electrons. The Morgan fingerprint density at radius 3 is 2.31 bits per heavy atom. The molecule has 0 aromatic heterocycles. The lowest BCUT2D eigenvalue weighted by Gasteiger charge is -2.29. The number of anilines is 2. The maximum atomic E-state index is 13.4. The largest absolute Gasteiger partial charge is 0.371 e. The van der Waals surface area contributed by atoms with Crippen molar-refractivity contribution in [1.82, 2.24) is 5.32 Å². The number of para-hydroxylation sites is 1. The van der Waals surface area contributed by atoms with E-state index in [2.05, 4.69) is 22.3 Å². The number of halogens is 1. The standard InChI is InChI=1S/C25H20ClN3O2S/c26-20-9-3-4-10-22(20)29-24(31)19(23(30)27-25(29)32)15-16-11-12-21(28-13-5-6-14-28)18-8-2-1-7-17(16)18/h1-4,7-12,15H,5-6,13-14H2,(H,27,30,32)/b19-15+. The van der Waals surface area contributed by atoms with Crippen LogP contribution in [0.25, 0.3) is 16.8 Å². The highest BCUT2D eigenvalue weighted by molar-refractivity contribution is 7.80. The minimum absolute atomic E-state index is 0.0117. The number of rotatable bonds is 3. The van der Waals surface area contributed by atoms with Crippen molar-refractivity contribution in [3.05, 3.63) is 76.8 Å². The Morgan fingerprint density at radius 1 is 0.875 bits per heavy atom. The molecule has 0 saturated carbocycles. The van der Waals surface area contributed by atoms with Gasteiger partial charge in [0.05, 0.1) is 10.7 Å². The molecule has 7 heteroatoms. The summed E-state index contributed by atoms with van der Waals surface area (Å²) in [6, 6.07) is 19.0. The Hall–Kier alpha value is -3.22. The molecule has 3 aromatic carbocycles. The van der Waals surface area contributed by atoms with Crippen LogP contribution in [0.4, 0.5) is 11.4 Å². The quantitative estimate of drug-likeness (QED) is 0.341. The number of hydrogen-bond acceptors (Lipinski definition) is 4. The zero-order chi connectivity index (χ0) is 22.2. The predicted molar refractivity (Wildman–Crippen MR) is 133 cm³/mol. The second kappa shape index (κ2) is 8.37. The fraction of sp³-hybridized carbons (Fsp3) is 0.160. The molecule has 2 aliphatic heterocycles. The van der Waals surface area contributed by atoms with Gasteiger partial charge in [0, 0.05) is 24.2 Å². The van der Waals surface area contributed by atoms with Gasteiger partial charge in [-0.1, -0.05) is 54.1 Å². The van der Waals surface area contributed by atoms with Gasteiger partial charge in [0.2, 0.25) is 0 Å². The van der Waals surface area contributed by atoms with E-state index in [4.69, 9.17) is 23.8 Å². The third-order valence-corrected chi connectivity index (χ3v) is 6.48. The van der Waals surface area contributed by atoms with Gasteiger partial charge in [-0.3, -0.25) is 19.8 Å². The normalized spacial score (nSPS) is 18.0. The van der Waals surface area contributed by atoms with Gasteiger partial charge in [0.25, 0.3) is 11.8 Å². The molecule has 0 unspecified atom stereocenters. The van der Waals surface area contributed by atoms with Gasteiger partial charge >= 0.3 is 0 Å². The van der Waals surface area contributed by atoms with Crippen LogP contribution in [-0.4, -0.2) is 30.0 Å². The highest BCUT2D eigenvalue weighted by atomic mass is 35.5. The van der Waals surface area contributed by atoms with Gasteiger partial charge in [-0.2, -0.15) is 0 Å². The average molecular weight is 462 g/mol. The first-order valence-electron chi connectivity index (χ1n) is 10.5. The Balaban J connectivity index is 1.60. The van der Waals surface area contributed by atoms with Gasteiger partial charge in [-0.05, 0) is 60.3 Å². The molecule has 2 fully saturated rings. The second-order valence-electron chi connectivity index (χ2n) is 7.82. The van der Waals surface area contributed by atoms with Crippen molar-refractivity contribution >= 4 is 69.0 Å². The van der Waals surface area contributed by atoms with Crippen LogP contribution in [0.2, 0.25) is 5.02 Å². The molecule has 2 aliphatic rings. The molecule has 1 N–H and O–H groups in total. The number of nitrogens with one attached hydrogen (secondary N) is 1. The van der Waals surface area contributed by atoms with E-state index in [1.165, 1.54) is 23.4 Å². The number of hydrogen-bond donors (Lipinski definition) is 1. The van der Waals surface area contributed by atoms with Crippen LogP contribution in [0.1, 0.15) is 18.4 Å². The summed E-state index contributed by atoms with van der Waals surface area (Å²) in [5.74, 6) is -1.02. The van der Waals surface area contributed by atoms with Crippen LogP contribution in [0, 0.1) is 0 Å². The molecule has 5 nitrogen and oxygen atoms in total. The molecule has 32 heavy (non-hydrogen) atoms. The van der Waals surface area contributed by atoms with E-state index in [9.17, 15) is 9.59 Å². The van der Waals surface area contributed by atoms with Crippen LogP contribution in [0.5, 0.6) is 0 Å². The molecule has 0 aliphatic carbocycles. The summed E-state index contributed by atoms with van der Waals surface area (Å²) >= 11 is 11.6. The molecule has 0 atom stereocenters. The van der Waals surface area contributed by atoms with Crippen molar-refractivity contribution < 1.29 is 9.59 Å². The highest BCUT2D eigenvalue weighted by Gasteiger charge is 2.35. The monoisotopic (exact) mass is 461 g/mol. The van der Waals surface area contributed by atoms with Crippen molar-refractivity contribution in [3.63, 3.8) is 0 Å². The first-order chi connectivity index (χ1) is 15.5. The zero-order valence-electron chi connectivity index (χ0n) is 17.2. The Bertz CT molecular complexity index is 1300. The minimum atomic E-state index is -0.518. The summed E-state index contributed by atoms with van der Waals surface area (Å²) in [6.45, 7) is 2.07. The van der Waals surface area contributed by atoms with Crippen molar-refractivity contribution in [2.24, 2.45) is 0 Å². The van der Waals surface area contributed by atoms with Crippen molar-refractivity contribution in [2.45, 2.75) is 12.8 Å². The van der Waals surface area contributed by atoms with Gasteiger partial charge in [-0.15, -0.1) is 0 Å². The SMILES string of the molecule is O=C1NC(=S)N(c2ccccc2Cl)C(=O)/C1=C/c1ccc(N2CCCC2)c2ccccc12. The molecular formula is C25H20ClN3O2S. The number of thiocarbonyl (C=S) groups is 1. The summed E-state index contributed by atoms with van der Waals surface area (Å²) < 4.78 is 0. The van der Waals surface area contributed by atoms with E-state index in [-0.39, 0.29) is 10.7 Å². The molecule has 2 saturated heterocycles. The van der Waals surface area contributed by atoms with Crippen molar-refractivity contribution in [2.75, 3.05) is 22.9 Å². The van der Waals surface area contributed by atoms with Crippen LogP contribution >= 0.6 is 23.8 Å². The smallest absolute Gasteiger partial charge is 0.270 e. The summed E-state index contributed by atoms with van der Waals surface area (Å²) in [5.41, 5.74) is 2.43. The highest BCUT2D eigenvalue weighted by Crippen LogP contribution is 2.34. The molecule has 3 aromatic rings. The Kier molecular flexibility index (Phi) is 5.41. The van der Waals surface area contributed by atoms with Gasteiger partial charge in [0.15, 0.2) is 5.11 Å². The summed E-state index contributed by atoms with van der Waals surface area (Å²) in [7, 11) is 0. The van der Waals surface area contributed by atoms with E-state index in [0.717, 1.165) is 29.4 Å². The van der Waals surface area contributed by atoms with Gasteiger partial charge in [-0.25, -0.2) is 0 Å². The lowest BCUT2D eigenvalue weighted by molar-refractivity contribution is -0.122. The zero-order valence-corrected chi connectivity index (χ0v) is 18.7. The van der Waals surface area contributed by atoms with Crippen LogP contribution in [-0.2, 0) is 9.59 Å².